The van der Waals surface area contributed by atoms with Gasteiger partial charge in [-0.05, 0) is 48.0 Å². The molecule has 1 heterocycles. The number of benzene rings is 2. The van der Waals surface area contributed by atoms with E-state index in [-0.39, 0.29) is 12.1 Å². The van der Waals surface area contributed by atoms with Crippen molar-refractivity contribution in [3.8, 4) is 0 Å². The Hall–Kier alpha value is -2.11. The van der Waals surface area contributed by atoms with Gasteiger partial charge in [0, 0.05) is 28.5 Å². The van der Waals surface area contributed by atoms with Gasteiger partial charge in [-0.3, -0.25) is 0 Å². The fraction of sp³-hybridized carbons (Fsp3) is 0.263. The van der Waals surface area contributed by atoms with Crippen LogP contribution >= 0.6 is 15.9 Å². The molecule has 0 amide bonds. The first kappa shape index (κ1) is 22.6. The lowest BCUT2D eigenvalue weighted by atomic mass is 10.2. The fourth-order valence-electron chi connectivity index (χ4n) is 2.87. The van der Waals surface area contributed by atoms with Crippen LogP contribution in [0.25, 0.3) is 10.9 Å². The molecule has 0 spiro atoms. The van der Waals surface area contributed by atoms with Crippen molar-refractivity contribution < 1.29 is 22.1 Å². The molecular formula is C19H17BrF4N4OS. The molecule has 0 aliphatic carbocycles. The summed E-state index contributed by atoms with van der Waals surface area (Å²) >= 11 is 0.0306. The summed E-state index contributed by atoms with van der Waals surface area (Å²) in [6.07, 6.45) is 0. The Kier molecular flexibility index (Phi) is 6.73. The van der Waals surface area contributed by atoms with E-state index < -0.39 is 27.4 Å². The molecule has 5 nitrogen and oxygen atoms in total. The summed E-state index contributed by atoms with van der Waals surface area (Å²) in [7, 11) is 0. The van der Waals surface area contributed by atoms with E-state index in [0.717, 1.165) is 16.2 Å². The summed E-state index contributed by atoms with van der Waals surface area (Å²) in [6.45, 7) is 4.23. The highest BCUT2D eigenvalue weighted by Crippen LogP contribution is 2.34. The summed E-state index contributed by atoms with van der Waals surface area (Å²) in [5, 5.41) is 6.82. The zero-order chi connectivity index (χ0) is 22.1. The Morgan fingerprint density at radius 2 is 1.90 bits per heavy atom. The molecule has 0 bridgehead atoms. The maximum atomic E-state index is 14.6. The van der Waals surface area contributed by atoms with Gasteiger partial charge in [0.05, 0.1) is 11.2 Å². The molecule has 2 aromatic carbocycles. The van der Waals surface area contributed by atoms with Crippen LogP contribution in [-0.2, 0) is 17.7 Å². The number of rotatable bonds is 6. The van der Waals surface area contributed by atoms with Crippen molar-refractivity contribution >= 4 is 49.5 Å². The first-order chi connectivity index (χ1) is 14.1. The van der Waals surface area contributed by atoms with Crippen LogP contribution in [0.5, 0.6) is 0 Å². The normalized spacial score (nSPS) is 12.8. The molecule has 3 rings (SSSR count). The molecule has 2 N–H and O–H groups in total. The van der Waals surface area contributed by atoms with E-state index >= 15 is 0 Å². The lowest BCUT2D eigenvalue weighted by Gasteiger charge is -2.15. The number of halogens is 5. The van der Waals surface area contributed by atoms with Crippen LogP contribution in [0.15, 0.2) is 39.7 Å². The van der Waals surface area contributed by atoms with Crippen LogP contribution in [0.1, 0.15) is 18.3 Å². The van der Waals surface area contributed by atoms with E-state index in [9.17, 15) is 22.1 Å². The van der Waals surface area contributed by atoms with E-state index in [4.69, 9.17) is 0 Å². The van der Waals surface area contributed by atoms with Crippen molar-refractivity contribution in [2.45, 2.75) is 30.8 Å². The van der Waals surface area contributed by atoms with E-state index in [1.165, 1.54) is 12.1 Å². The van der Waals surface area contributed by atoms with Crippen molar-refractivity contribution in [2.24, 2.45) is 0 Å². The molecule has 0 saturated carbocycles. The van der Waals surface area contributed by atoms with Gasteiger partial charge in [-0.25, -0.2) is 14.4 Å². The van der Waals surface area contributed by atoms with Gasteiger partial charge in [-0.2, -0.15) is 0 Å². The van der Waals surface area contributed by atoms with Gasteiger partial charge in [-0.15, -0.1) is 13.2 Å². The third-order valence-electron chi connectivity index (χ3n) is 4.16. The number of nitrogens with one attached hydrogen (secondary N) is 2. The predicted octanol–water partition coefficient (Wildman–Crippen LogP) is 5.51. The second kappa shape index (κ2) is 8.94. The minimum atomic E-state index is -5.04. The second-order valence-corrected chi connectivity index (χ2v) is 8.59. The van der Waals surface area contributed by atoms with E-state index in [1.807, 2.05) is 13.0 Å². The Bertz CT molecular complexity index is 1080. The Morgan fingerprint density at radius 1 is 1.17 bits per heavy atom. The van der Waals surface area contributed by atoms with Crippen LogP contribution in [-0.4, -0.2) is 26.6 Å². The molecule has 0 aliphatic rings. The highest BCUT2D eigenvalue weighted by atomic mass is 79.9. The minimum Gasteiger partial charge on any atom is -0.604 e. The summed E-state index contributed by atoms with van der Waals surface area (Å²) < 4.78 is 65.1. The molecule has 3 aromatic rings. The highest BCUT2D eigenvalue weighted by molar-refractivity contribution is 9.10. The first-order valence-corrected chi connectivity index (χ1v) is 10.8. The number of alkyl halides is 3. The summed E-state index contributed by atoms with van der Waals surface area (Å²) in [6, 6.07) is 7.08. The van der Waals surface area contributed by atoms with Crippen LogP contribution in [0, 0.1) is 12.7 Å². The quantitative estimate of drug-likeness (QED) is 0.342. The smallest absolute Gasteiger partial charge is 0.578 e. The van der Waals surface area contributed by atoms with Crippen LogP contribution in [0.2, 0.25) is 0 Å². The molecule has 30 heavy (non-hydrogen) atoms. The molecule has 1 atom stereocenters. The van der Waals surface area contributed by atoms with Crippen LogP contribution in [0.4, 0.5) is 29.1 Å². The van der Waals surface area contributed by atoms with Gasteiger partial charge in [0.2, 0.25) is 0 Å². The third-order valence-corrected chi connectivity index (χ3v) is 5.95. The van der Waals surface area contributed by atoms with E-state index in [0.29, 0.717) is 29.1 Å². The highest BCUT2D eigenvalue weighted by Gasteiger charge is 2.47. The summed E-state index contributed by atoms with van der Waals surface area (Å²) in [5.41, 5.74) is -3.60. The monoisotopic (exact) mass is 504 g/mol. The van der Waals surface area contributed by atoms with Gasteiger partial charge < -0.3 is 15.2 Å². The molecule has 1 aromatic heterocycles. The Labute approximate surface area is 181 Å². The minimum absolute atomic E-state index is 0.0575. The number of anilines is 2. The molecule has 0 aliphatic heterocycles. The van der Waals surface area contributed by atoms with Gasteiger partial charge in [0.1, 0.15) is 22.8 Å². The Balaban J connectivity index is 1.94. The second-order valence-electron chi connectivity index (χ2n) is 6.30. The molecule has 160 valence electrons. The number of hydrogen-bond acceptors (Lipinski definition) is 5. The molecule has 0 saturated heterocycles. The number of aryl methyl sites for hydroxylation is 1. The topological polar surface area (TPSA) is 72.9 Å². The maximum Gasteiger partial charge on any atom is 0.578 e. The standard InChI is InChI=1S/C19H17BrF4N4OS/c1-3-25-15-8-14-12(7-13(15)20)18(28-10(2)27-14)26-9-11-5-4-6-16(17(11)21)30(29)19(22,23)24/h4-8,25H,3,9H2,1-2H3,(H,26,27,28). The molecule has 0 radical (unpaired) electrons. The van der Waals surface area contributed by atoms with Crippen LogP contribution in [0.3, 0.4) is 0 Å². The van der Waals surface area contributed by atoms with Gasteiger partial charge >= 0.3 is 5.51 Å². The van der Waals surface area contributed by atoms with E-state index in [1.54, 1.807) is 13.0 Å². The molecule has 11 heteroatoms. The van der Waals surface area contributed by atoms with Crippen molar-refractivity contribution in [2.75, 3.05) is 17.2 Å². The average molecular weight is 505 g/mol. The largest absolute Gasteiger partial charge is 0.604 e. The predicted molar refractivity (Wildman–Crippen MR) is 112 cm³/mol. The van der Waals surface area contributed by atoms with Gasteiger partial charge in [0.25, 0.3) is 0 Å². The molecular weight excluding hydrogens is 488 g/mol. The molecule has 1 unspecified atom stereocenters. The zero-order valence-corrected chi connectivity index (χ0v) is 18.3. The average Bonchev–Trinajstić information content (AvgIpc) is 2.67. The molecule has 0 fully saturated rings. The fourth-order valence-corrected chi connectivity index (χ4v) is 4.09. The lowest BCUT2D eigenvalue weighted by Crippen LogP contribution is -2.24. The Morgan fingerprint density at radius 3 is 2.57 bits per heavy atom. The maximum absolute atomic E-state index is 14.6. The van der Waals surface area contributed by atoms with E-state index in [2.05, 4.69) is 36.5 Å². The third kappa shape index (κ3) is 4.79. The van der Waals surface area contributed by atoms with Gasteiger partial charge in [-0.1, -0.05) is 12.1 Å². The van der Waals surface area contributed by atoms with Crippen molar-refractivity contribution in [3.05, 3.63) is 52.0 Å². The summed E-state index contributed by atoms with van der Waals surface area (Å²) in [4.78, 5) is 7.84. The number of nitrogens with zero attached hydrogens (tertiary/aromatic N) is 2. The lowest BCUT2D eigenvalue weighted by molar-refractivity contribution is -0.0437. The van der Waals surface area contributed by atoms with Gasteiger partial charge in [0.15, 0.2) is 10.7 Å². The zero-order valence-electron chi connectivity index (χ0n) is 15.9. The summed E-state index contributed by atoms with van der Waals surface area (Å²) in [5.74, 6) is -0.281. The van der Waals surface area contributed by atoms with Crippen molar-refractivity contribution in [1.82, 2.24) is 9.97 Å². The van der Waals surface area contributed by atoms with Crippen molar-refractivity contribution in [3.63, 3.8) is 0 Å². The first-order valence-electron chi connectivity index (χ1n) is 8.83. The van der Waals surface area contributed by atoms with Crippen molar-refractivity contribution in [1.29, 1.82) is 0 Å². The number of fused-ring (bicyclic) bond motifs is 1. The number of aromatic nitrogens is 2. The SMILES string of the molecule is CCNc1cc2nc(C)nc(NCc3cccc([S+]([O-])C(F)(F)F)c3F)c2cc1Br. The number of hydrogen-bond donors (Lipinski definition) is 2. The van der Waals surface area contributed by atoms with Crippen LogP contribution < -0.4 is 10.6 Å².